The van der Waals surface area contributed by atoms with Gasteiger partial charge in [0.25, 0.3) is 0 Å². The minimum atomic E-state index is 0.580. The summed E-state index contributed by atoms with van der Waals surface area (Å²) in [6.07, 6.45) is 1.78. The van der Waals surface area contributed by atoms with Crippen molar-refractivity contribution in [3.63, 3.8) is 0 Å². The summed E-state index contributed by atoms with van der Waals surface area (Å²) in [4.78, 5) is 0. The van der Waals surface area contributed by atoms with Crippen LogP contribution >= 0.6 is 0 Å². The second kappa shape index (κ2) is 3.24. The molecular formula is C6H12N2. The molecule has 0 unspecified atom stereocenters. The number of rotatable bonds is 2. The maximum atomic E-state index is 7.01. The zero-order valence-electron chi connectivity index (χ0n) is 5.58. The second-order valence-corrected chi connectivity index (χ2v) is 1.76. The van der Waals surface area contributed by atoms with Crippen LogP contribution in [0.2, 0.25) is 0 Å². The van der Waals surface area contributed by atoms with Gasteiger partial charge in [0.05, 0.1) is 0 Å². The van der Waals surface area contributed by atoms with Gasteiger partial charge in [0.15, 0.2) is 0 Å². The average Bonchev–Trinajstić information content (AvgIpc) is 1.65. The Morgan fingerprint density at radius 3 is 2.12 bits per heavy atom. The quantitative estimate of drug-likeness (QED) is 0.516. The highest BCUT2D eigenvalue weighted by Crippen LogP contribution is 1.83. The Kier molecular flexibility index (Phi) is 2.92. The smallest absolute Gasteiger partial charge is 0.0300 e. The van der Waals surface area contributed by atoms with E-state index >= 15 is 0 Å². The van der Waals surface area contributed by atoms with Gasteiger partial charge in [-0.15, -0.1) is 0 Å². The highest BCUT2D eigenvalue weighted by atomic mass is 14.8. The van der Waals surface area contributed by atoms with Crippen LogP contribution in [-0.2, 0) is 0 Å². The molecule has 0 aliphatic rings. The maximum Gasteiger partial charge on any atom is 0.0300 e. The van der Waals surface area contributed by atoms with Gasteiger partial charge in [0.2, 0.25) is 0 Å². The van der Waals surface area contributed by atoms with Crippen LogP contribution in [0.5, 0.6) is 0 Å². The number of allylic oxidation sites excluding steroid dienone is 2. The lowest BCUT2D eigenvalue weighted by Crippen LogP contribution is -2.02. The molecule has 0 atom stereocenters. The molecule has 0 aliphatic carbocycles. The maximum absolute atomic E-state index is 7.01. The minimum Gasteiger partial charge on any atom is -0.392 e. The summed E-state index contributed by atoms with van der Waals surface area (Å²) in [5.74, 6) is 0. The molecule has 0 amide bonds. The van der Waals surface area contributed by atoms with Crippen molar-refractivity contribution >= 4 is 5.71 Å². The van der Waals surface area contributed by atoms with Crippen LogP contribution in [0, 0.1) is 5.41 Å². The van der Waals surface area contributed by atoms with Crippen molar-refractivity contribution < 1.29 is 0 Å². The molecule has 0 saturated heterocycles. The lowest BCUT2D eigenvalue weighted by molar-refractivity contribution is 0.992. The van der Waals surface area contributed by atoms with Gasteiger partial charge in [-0.3, -0.25) is 0 Å². The van der Waals surface area contributed by atoms with E-state index < -0.39 is 0 Å². The van der Waals surface area contributed by atoms with Gasteiger partial charge < -0.3 is 10.7 Å². The first-order valence-corrected chi connectivity index (χ1v) is 2.58. The molecule has 0 aromatic rings. The SMILES string of the molecule is CN/C(C)=C/C(C)=N. The molecule has 2 nitrogen and oxygen atoms in total. The molecule has 46 valence electrons. The molecule has 0 saturated carbocycles. The fraction of sp³-hybridized carbons (Fsp3) is 0.500. The molecule has 0 radical (unpaired) electrons. The average molecular weight is 112 g/mol. The largest absolute Gasteiger partial charge is 0.392 e. The molecule has 0 spiro atoms. The first-order chi connectivity index (χ1) is 3.66. The lowest BCUT2D eigenvalue weighted by Gasteiger charge is -1.94. The lowest BCUT2D eigenvalue weighted by atomic mass is 10.3. The molecule has 2 heteroatoms. The van der Waals surface area contributed by atoms with E-state index in [1.54, 1.807) is 13.0 Å². The van der Waals surface area contributed by atoms with Gasteiger partial charge >= 0.3 is 0 Å². The summed E-state index contributed by atoms with van der Waals surface area (Å²) in [5, 5.41) is 9.93. The summed E-state index contributed by atoms with van der Waals surface area (Å²) in [7, 11) is 1.84. The Morgan fingerprint density at radius 2 is 2.00 bits per heavy atom. The summed E-state index contributed by atoms with van der Waals surface area (Å²) >= 11 is 0. The van der Waals surface area contributed by atoms with Crippen LogP contribution in [0.3, 0.4) is 0 Å². The summed E-state index contributed by atoms with van der Waals surface area (Å²) < 4.78 is 0. The van der Waals surface area contributed by atoms with Crippen molar-refractivity contribution in [2.75, 3.05) is 7.05 Å². The Morgan fingerprint density at radius 1 is 1.50 bits per heavy atom. The highest BCUT2D eigenvalue weighted by molar-refractivity contribution is 5.90. The second-order valence-electron chi connectivity index (χ2n) is 1.76. The zero-order chi connectivity index (χ0) is 6.57. The Labute approximate surface area is 50.1 Å². The third kappa shape index (κ3) is 3.40. The van der Waals surface area contributed by atoms with E-state index in [0.29, 0.717) is 5.71 Å². The normalized spacial score (nSPS) is 11.1. The van der Waals surface area contributed by atoms with Gasteiger partial charge in [-0.2, -0.15) is 0 Å². The first kappa shape index (κ1) is 7.21. The van der Waals surface area contributed by atoms with Gasteiger partial charge in [-0.1, -0.05) is 0 Å². The molecule has 0 bridgehead atoms. The van der Waals surface area contributed by atoms with Crippen molar-refractivity contribution in [1.29, 1.82) is 5.41 Å². The zero-order valence-corrected chi connectivity index (χ0v) is 5.58. The van der Waals surface area contributed by atoms with E-state index in [1.807, 2.05) is 14.0 Å². The standard InChI is InChI=1S/C6H12N2/c1-5(7)4-6(2)8-3/h4,7-8H,1-3H3/b6-4+,7-5?. The Bertz CT molecular complexity index is 114. The van der Waals surface area contributed by atoms with Crippen LogP contribution in [0.4, 0.5) is 0 Å². The van der Waals surface area contributed by atoms with Crippen molar-refractivity contribution in [1.82, 2.24) is 5.32 Å². The molecule has 0 aromatic carbocycles. The van der Waals surface area contributed by atoms with E-state index in [9.17, 15) is 0 Å². The number of hydrogen-bond acceptors (Lipinski definition) is 2. The highest BCUT2D eigenvalue weighted by Gasteiger charge is 1.80. The number of hydrogen-bond donors (Lipinski definition) is 2. The van der Waals surface area contributed by atoms with Crippen LogP contribution in [0.25, 0.3) is 0 Å². The molecule has 0 fully saturated rings. The van der Waals surface area contributed by atoms with Crippen LogP contribution in [0.1, 0.15) is 13.8 Å². The molecule has 8 heavy (non-hydrogen) atoms. The number of nitrogens with one attached hydrogen (secondary N) is 2. The summed E-state index contributed by atoms with van der Waals surface area (Å²) in [5.41, 5.74) is 1.61. The molecule has 0 rings (SSSR count). The van der Waals surface area contributed by atoms with E-state index in [4.69, 9.17) is 5.41 Å². The van der Waals surface area contributed by atoms with Crippen molar-refractivity contribution in [3.8, 4) is 0 Å². The van der Waals surface area contributed by atoms with Crippen molar-refractivity contribution in [3.05, 3.63) is 11.8 Å². The van der Waals surface area contributed by atoms with E-state index in [-0.39, 0.29) is 0 Å². The molecule has 0 aliphatic heterocycles. The van der Waals surface area contributed by atoms with Crippen LogP contribution in [0.15, 0.2) is 11.8 Å². The summed E-state index contributed by atoms with van der Waals surface area (Å²) in [6.45, 7) is 3.68. The van der Waals surface area contributed by atoms with Crippen LogP contribution < -0.4 is 5.32 Å². The molecular weight excluding hydrogens is 100 g/mol. The van der Waals surface area contributed by atoms with Crippen LogP contribution in [-0.4, -0.2) is 12.8 Å². The molecule has 2 N–H and O–H groups in total. The van der Waals surface area contributed by atoms with Crippen molar-refractivity contribution in [2.45, 2.75) is 13.8 Å². The first-order valence-electron chi connectivity index (χ1n) is 2.58. The Hall–Kier alpha value is -0.790. The fourth-order valence-corrected chi connectivity index (χ4v) is 0.397. The van der Waals surface area contributed by atoms with Gasteiger partial charge in [-0.05, 0) is 19.9 Å². The third-order valence-electron chi connectivity index (χ3n) is 0.827. The fourth-order valence-electron chi connectivity index (χ4n) is 0.397. The molecule has 0 heterocycles. The monoisotopic (exact) mass is 112 g/mol. The van der Waals surface area contributed by atoms with E-state index in [0.717, 1.165) is 5.70 Å². The third-order valence-corrected chi connectivity index (χ3v) is 0.827. The van der Waals surface area contributed by atoms with Gasteiger partial charge in [-0.25, -0.2) is 0 Å². The van der Waals surface area contributed by atoms with Gasteiger partial charge in [0.1, 0.15) is 0 Å². The predicted molar refractivity (Wildman–Crippen MR) is 36.2 cm³/mol. The molecule has 0 aromatic heterocycles. The Balaban J connectivity index is 3.75. The predicted octanol–water partition coefficient (Wildman–Crippen LogP) is 1.15. The topological polar surface area (TPSA) is 35.9 Å². The van der Waals surface area contributed by atoms with Gasteiger partial charge in [0, 0.05) is 18.5 Å². The van der Waals surface area contributed by atoms with E-state index in [1.165, 1.54) is 0 Å². The van der Waals surface area contributed by atoms with Crippen molar-refractivity contribution in [2.24, 2.45) is 0 Å². The minimum absolute atomic E-state index is 0.580. The van der Waals surface area contributed by atoms with E-state index in [2.05, 4.69) is 5.32 Å². The summed E-state index contributed by atoms with van der Waals surface area (Å²) in [6, 6.07) is 0.